The third-order valence-electron chi connectivity index (χ3n) is 3.17. The molecule has 2 aromatic rings. The number of non-ortho nitro benzene ring substituents is 1. The number of carboxylic acid groups (broad SMARTS) is 2. The maximum absolute atomic E-state index is 11.3. The fourth-order valence-electron chi connectivity index (χ4n) is 2.01. The number of anilines is 2. The number of methoxy groups -OCH3 is 1. The van der Waals surface area contributed by atoms with Crippen molar-refractivity contribution in [1.82, 2.24) is 0 Å². The molecule has 0 amide bonds. The van der Waals surface area contributed by atoms with Crippen LogP contribution in [0.1, 0.15) is 20.7 Å². The number of hydrogen-bond acceptors (Lipinski definition) is 6. The Hall–Kier alpha value is -3.62. The average molecular weight is 332 g/mol. The van der Waals surface area contributed by atoms with Crippen LogP contribution < -0.4 is 10.1 Å². The Morgan fingerprint density at radius 2 is 1.58 bits per heavy atom. The van der Waals surface area contributed by atoms with Gasteiger partial charge in [-0.05, 0) is 24.3 Å². The molecule has 3 N–H and O–H groups in total. The molecule has 0 radical (unpaired) electrons. The van der Waals surface area contributed by atoms with Crippen molar-refractivity contribution in [2.24, 2.45) is 0 Å². The Morgan fingerprint density at radius 1 is 1.04 bits per heavy atom. The molecule has 0 saturated heterocycles. The molecule has 2 rings (SSSR count). The standard InChI is InChI=1S/C15H12N2O7/c1-24-9-3-5-13(11(7-9)15(20)21)16-12-4-2-8(17(22)23)6-10(12)14(18)19/h2-7,16H,1H3,(H,18,19)(H,20,21). The van der Waals surface area contributed by atoms with E-state index in [0.717, 1.165) is 12.1 Å². The van der Waals surface area contributed by atoms with Gasteiger partial charge in [-0.25, -0.2) is 9.59 Å². The predicted molar refractivity (Wildman–Crippen MR) is 83.3 cm³/mol. The molecule has 0 saturated carbocycles. The molecule has 0 unspecified atom stereocenters. The lowest BCUT2D eigenvalue weighted by Gasteiger charge is -2.13. The zero-order chi connectivity index (χ0) is 17.9. The Kier molecular flexibility index (Phi) is 4.64. The van der Waals surface area contributed by atoms with Gasteiger partial charge in [0, 0.05) is 12.1 Å². The van der Waals surface area contributed by atoms with Gasteiger partial charge in [-0.2, -0.15) is 0 Å². The highest BCUT2D eigenvalue weighted by Gasteiger charge is 2.18. The van der Waals surface area contributed by atoms with E-state index in [-0.39, 0.29) is 28.2 Å². The van der Waals surface area contributed by atoms with E-state index in [4.69, 9.17) is 4.74 Å². The van der Waals surface area contributed by atoms with Gasteiger partial charge >= 0.3 is 11.9 Å². The minimum atomic E-state index is -1.38. The molecule has 0 aliphatic carbocycles. The molecule has 0 fully saturated rings. The van der Waals surface area contributed by atoms with Gasteiger partial charge in [0.05, 0.1) is 34.5 Å². The summed E-state index contributed by atoms with van der Waals surface area (Å²) >= 11 is 0. The van der Waals surface area contributed by atoms with Crippen LogP contribution in [0, 0.1) is 10.1 Å². The van der Waals surface area contributed by atoms with Crippen molar-refractivity contribution < 1.29 is 29.5 Å². The molecule has 0 aromatic heterocycles. The molecule has 124 valence electrons. The van der Waals surface area contributed by atoms with Crippen LogP contribution in [-0.2, 0) is 0 Å². The zero-order valence-electron chi connectivity index (χ0n) is 12.3. The number of nitro benzene ring substituents is 1. The first-order valence-corrected chi connectivity index (χ1v) is 6.53. The maximum atomic E-state index is 11.3. The summed E-state index contributed by atoms with van der Waals surface area (Å²) in [5.74, 6) is -2.30. The summed E-state index contributed by atoms with van der Waals surface area (Å²) in [4.78, 5) is 32.7. The summed E-state index contributed by atoms with van der Waals surface area (Å²) in [5, 5.41) is 31.9. The van der Waals surface area contributed by atoms with Crippen LogP contribution in [0.25, 0.3) is 0 Å². The SMILES string of the molecule is COc1ccc(Nc2ccc([N+](=O)[O-])cc2C(=O)O)c(C(=O)O)c1. The van der Waals surface area contributed by atoms with Gasteiger partial charge in [0.1, 0.15) is 5.75 Å². The minimum absolute atomic E-state index is 0.0285. The first kappa shape index (κ1) is 16.7. The van der Waals surface area contributed by atoms with Gasteiger partial charge < -0.3 is 20.3 Å². The number of benzene rings is 2. The van der Waals surface area contributed by atoms with E-state index in [2.05, 4.69) is 5.32 Å². The maximum Gasteiger partial charge on any atom is 0.338 e. The van der Waals surface area contributed by atoms with Gasteiger partial charge in [-0.3, -0.25) is 10.1 Å². The van der Waals surface area contributed by atoms with E-state index in [1.165, 1.54) is 31.4 Å². The number of carbonyl (C=O) groups is 2. The first-order valence-electron chi connectivity index (χ1n) is 6.53. The van der Waals surface area contributed by atoms with Crippen molar-refractivity contribution in [3.63, 3.8) is 0 Å². The summed E-state index contributed by atoms with van der Waals surface area (Å²) in [6.07, 6.45) is 0. The van der Waals surface area contributed by atoms with Gasteiger partial charge in [-0.1, -0.05) is 0 Å². The number of nitrogens with one attached hydrogen (secondary N) is 1. The van der Waals surface area contributed by atoms with Crippen molar-refractivity contribution in [1.29, 1.82) is 0 Å². The molecular weight excluding hydrogens is 320 g/mol. The molecule has 0 aliphatic rings. The summed E-state index contributed by atoms with van der Waals surface area (Å²) in [6.45, 7) is 0. The average Bonchev–Trinajstić information content (AvgIpc) is 2.54. The quantitative estimate of drug-likeness (QED) is 0.542. The normalized spacial score (nSPS) is 10.0. The molecule has 9 nitrogen and oxygen atoms in total. The molecule has 0 heterocycles. The Bertz CT molecular complexity index is 833. The lowest BCUT2D eigenvalue weighted by atomic mass is 10.1. The van der Waals surface area contributed by atoms with Crippen LogP contribution in [0.2, 0.25) is 0 Å². The van der Waals surface area contributed by atoms with E-state index < -0.39 is 16.9 Å². The third-order valence-corrected chi connectivity index (χ3v) is 3.17. The van der Waals surface area contributed by atoms with E-state index in [0.29, 0.717) is 5.75 Å². The predicted octanol–water partition coefficient (Wildman–Crippen LogP) is 2.74. The Labute approximate surface area is 135 Å². The Balaban J connectivity index is 2.50. The second-order valence-corrected chi connectivity index (χ2v) is 4.63. The van der Waals surface area contributed by atoms with Gasteiger partial charge in [-0.15, -0.1) is 0 Å². The second-order valence-electron chi connectivity index (χ2n) is 4.63. The molecule has 24 heavy (non-hydrogen) atoms. The van der Waals surface area contributed by atoms with Crippen molar-refractivity contribution in [2.75, 3.05) is 12.4 Å². The third kappa shape index (κ3) is 3.40. The van der Waals surface area contributed by atoms with E-state index in [1.54, 1.807) is 0 Å². The van der Waals surface area contributed by atoms with Crippen molar-refractivity contribution in [2.45, 2.75) is 0 Å². The highest BCUT2D eigenvalue weighted by molar-refractivity contribution is 5.99. The molecule has 0 spiro atoms. The Morgan fingerprint density at radius 3 is 2.08 bits per heavy atom. The highest BCUT2D eigenvalue weighted by Crippen LogP contribution is 2.29. The highest BCUT2D eigenvalue weighted by atomic mass is 16.6. The number of aromatic carboxylic acids is 2. The second kappa shape index (κ2) is 6.65. The van der Waals surface area contributed by atoms with Crippen LogP contribution in [0.15, 0.2) is 36.4 Å². The lowest BCUT2D eigenvalue weighted by molar-refractivity contribution is -0.384. The fourth-order valence-corrected chi connectivity index (χ4v) is 2.01. The summed E-state index contributed by atoms with van der Waals surface area (Å²) in [7, 11) is 1.38. The minimum Gasteiger partial charge on any atom is -0.497 e. The van der Waals surface area contributed by atoms with Gasteiger partial charge in [0.25, 0.3) is 5.69 Å². The van der Waals surface area contributed by atoms with Crippen LogP contribution in [0.5, 0.6) is 5.75 Å². The number of ether oxygens (including phenoxy) is 1. The molecular formula is C15H12N2O7. The van der Waals surface area contributed by atoms with Crippen molar-refractivity contribution >= 4 is 29.0 Å². The number of hydrogen-bond donors (Lipinski definition) is 3. The largest absolute Gasteiger partial charge is 0.497 e. The summed E-state index contributed by atoms with van der Waals surface area (Å²) < 4.78 is 4.95. The topological polar surface area (TPSA) is 139 Å². The van der Waals surface area contributed by atoms with Crippen molar-refractivity contribution in [3.05, 3.63) is 57.6 Å². The number of rotatable bonds is 6. The van der Waals surface area contributed by atoms with Crippen LogP contribution in [0.4, 0.5) is 17.1 Å². The summed E-state index contributed by atoms with van der Waals surface area (Å²) in [6, 6.07) is 7.41. The zero-order valence-corrected chi connectivity index (χ0v) is 12.3. The number of carboxylic acids is 2. The van der Waals surface area contributed by atoms with E-state index >= 15 is 0 Å². The molecule has 0 atom stereocenters. The lowest BCUT2D eigenvalue weighted by Crippen LogP contribution is -2.07. The van der Waals surface area contributed by atoms with Gasteiger partial charge in [0.15, 0.2) is 0 Å². The van der Waals surface area contributed by atoms with Crippen LogP contribution >= 0.6 is 0 Å². The molecule has 2 aromatic carbocycles. The number of nitrogens with zero attached hydrogens (tertiary/aromatic N) is 1. The van der Waals surface area contributed by atoms with Crippen molar-refractivity contribution in [3.8, 4) is 5.75 Å². The van der Waals surface area contributed by atoms with Crippen LogP contribution in [-0.4, -0.2) is 34.2 Å². The fraction of sp³-hybridized carbons (Fsp3) is 0.0667. The molecule has 9 heteroatoms. The summed E-state index contributed by atoms with van der Waals surface area (Å²) in [5.41, 5.74) is -0.716. The molecule has 0 aliphatic heterocycles. The monoisotopic (exact) mass is 332 g/mol. The van der Waals surface area contributed by atoms with Crippen LogP contribution in [0.3, 0.4) is 0 Å². The van der Waals surface area contributed by atoms with Gasteiger partial charge in [0.2, 0.25) is 0 Å². The van der Waals surface area contributed by atoms with E-state index in [9.17, 15) is 29.9 Å². The van der Waals surface area contributed by atoms with E-state index in [1.807, 2.05) is 0 Å². The smallest absolute Gasteiger partial charge is 0.338 e. The molecule has 0 bridgehead atoms. The number of nitro groups is 1. The first-order chi connectivity index (χ1) is 11.3.